The SMILES string of the molecule is CNCC(C)C(=O)Nc1nc(-c2cc(C)ccc2OC)cs1. The van der Waals surface area contributed by atoms with Gasteiger partial charge in [-0.15, -0.1) is 11.3 Å². The molecule has 1 heterocycles. The highest BCUT2D eigenvalue weighted by Gasteiger charge is 2.15. The van der Waals surface area contributed by atoms with Crippen molar-refractivity contribution in [1.82, 2.24) is 10.3 Å². The Balaban J connectivity index is 2.18. The molecule has 1 amide bonds. The Kier molecular flexibility index (Phi) is 5.51. The fraction of sp³-hybridized carbons (Fsp3) is 0.375. The van der Waals surface area contributed by atoms with Gasteiger partial charge in [-0.1, -0.05) is 18.6 Å². The van der Waals surface area contributed by atoms with Gasteiger partial charge in [0, 0.05) is 23.4 Å². The molecule has 0 saturated carbocycles. The zero-order valence-corrected chi connectivity index (χ0v) is 14.1. The van der Waals surface area contributed by atoms with Crippen molar-refractivity contribution in [3.8, 4) is 17.0 Å². The highest BCUT2D eigenvalue weighted by Crippen LogP contribution is 2.33. The van der Waals surface area contributed by atoms with Crippen LogP contribution in [-0.2, 0) is 4.79 Å². The minimum atomic E-state index is -0.106. The third-order valence-corrected chi connectivity index (χ3v) is 4.08. The van der Waals surface area contributed by atoms with Crippen LogP contribution >= 0.6 is 11.3 Å². The minimum Gasteiger partial charge on any atom is -0.496 e. The van der Waals surface area contributed by atoms with E-state index in [0.29, 0.717) is 11.7 Å². The second-order valence-corrected chi connectivity index (χ2v) is 6.05. The molecule has 1 aromatic carbocycles. The average Bonchev–Trinajstić information content (AvgIpc) is 2.95. The molecule has 1 atom stereocenters. The number of hydrogen-bond donors (Lipinski definition) is 2. The van der Waals surface area contributed by atoms with Gasteiger partial charge in [0.25, 0.3) is 0 Å². The van der Waals surface area contributed by atoms with E-state index in [1.54, 1.807) is 7.11 Å². The Hall–Kier alpha value is -1.92. The van der Waals surface area contributed by atoms with Gasteiger partial charge in [0.1, 0.15) is 5.75 Å². The largest absolute Gasteiger partial charge is 0.496 e. The monoisotopic (exact) mass is 319 g/mol. The molecule has 0 aliphatic heterocycles. The van der Waals surface area contributed by atoms with Crippen molar-refractivity contribution in [1.29, 1.82) is 0 Å². The van der Waals surface area contributed by atoms with E-state index in [1.807, 2.05) is 44.5 Å². The van der Waals surface area contributed by atoms with E-state index in [4.69, 9.17) is 4.74 Å². The van der Waals surface area contributed by atoms with E-state index >= 15 is 0 Å². The Bertz CT molecular complexity index is 655. The highest BCUT2D eigenvalue weighted by atomic mass is 32.1. The van der Waals surface area contributed by atoms with Crippen LogP contribution in [0.25, 0.3) is 11.3 Å². The maximum Gasteiger partial charge on any atom is 0.230 e. The number of amides is 1. The molecule has 0 spiro atoms. The number of thiazole rings is 1. The summed E-state index contributed by atoms with van der Waals surface area (Å²) in [4.78, 5) is 16.5. The molecular formula is C16H21N3O2S. The molecule has 0 aliphatic carbocycles. The van der Waals surface area contributed by atoms with Gasteiger partial charge in [0.05, 0.1) is 12.8 Å². The predicted octanol–water partition coefficient (Wildman–Crippen LogP) is 2.92. The molecule has 0 bridgehead atoms. The molecule has 6 heteroatoms. The quantitative estimate of drug-likeness (QED) is 0.859. The van der Waals surface area contributed by atoms with E-state index in [-0.39, 0.29) is 11.8 Å². The van der Waals surface area contributed by atoms with Gasteiger partial charge < -0.3 is 15.4 Å². The number of rotatable bonds is 6. The first kappa shape index (κ1) is 16.5. The molecule has 22 heavy (non-hydrogen) atoms. The van der Waals surface area contributed by atoms with Crippen LogP contribution in [0, 0.1) is 12.8 Å². The molecule has 2 rings (SSSR count). The second kappa shape index (κ2) is 7.38. The van der Waals surface area contributed by atoms with E-state index in [2.05, 4.69) is 15.6 Å². The summed E-state index contributed by atoms with van der Waals surface area (Å²) in [6.45, 7) is 4.54. The lowest BCUT2D eigenvalue weighted by molar-refractivity contribution is -0.119. The fourth-order valence-electron chi connectivity index (χ4n) is 2.10. The van der Waals surface area contributed by atoms with Gasteiger partial charge in [0.2, 0.25) is 5.91 Å². The van der Waals surface area contributed by atoms with Crippen LogP contribution in [0.15, 0.2) is 23.6 Å². The average molecular weight is 319 g/mol. The van der Waals surface area contributed by atoms with Crippen molar-refractivity contribution in [3.63, 3.8) is 0 Å². The zero-order chi connectivity index (χ0) is 16.1. The maximum atomic E-state index is 12.0. The molecule has 1 aromatic heterocycles. The number of aromatic nitrogens is 1. The van der Waals surface area contributed by atoms with Gasteiger partial charge in [-0.2, -0.15) is 0 Å². The van der Waals surface area contributed by atoms with Crippen LogP contribution in [0.5, 0.6) is 5.75 Å². The van der Waals surface area contributed by atoms with E-state index in [9.17, 15) is 4.79 Å². The van der Waals surface area contributed by atoms with Crippen molar-refractivity contribution in [3.05, 3.63) is 29.1 Å². The number of ether oxygens (including phenoxy) is 1. The van der Waals surface area contributed by atoms with E-state index < -0.39 is 0 Å². The third kappa shape index (κ3) is 3.84. The van der Waals surface area contributed by atoms with Crippen molar-refractivity contribution in [2.75, 3.05) is 26.0 Å². The summed E-state index contributed by atoms with van der Waals surface area (Å²) in [7, 11) is 3.47. The molecule has 0 saturated heterocycles. The smallest absolute Gasteiger partial charge is 0.230 e. The summed E-state index contributed by atoms with van der Waals surface area (Å²) in [5.74, 6) is 0.634. The predicted molar refractivity (Wildman–Crippen MR) is 90.6 cm³/mol. The van der Waals surface area contributed by atoms with Gasteiger partial charge in [0.15, 0.2) is 5.13 Å². The van der Waals surface area contributed by atoms with E-state index in [0.717, 1.165) is 22.6 Å². The first-order valence-corrected chi connectivity index (χ1v) is 7.99. The van der Waals surface area contributed by atoms with Crippen LogP contribution < -0.4 is 15.4 Å². The van der Waals surface area contributed by atoms with Crippen LogP contribution in [0.2, 0.25) is 0 Å². The normalized spacial score (nSPS) is 12.0. The van der Waals surface area contributed by atoms with Crippen molar-refractivity contribution < 1.29 is 9.53 Å². The number of benzene rings is 1. The standard InChI is InChI=1S/C16H21N3O2S/c1-10-5-6-14(21-4)12(7-10)13-9-22-16(18-13)19-15(20)11(2)8-17-3/h5-7,9,11,17H,8H2,1-4H3,(H,18,19,20). The summed E-state index contributed by atoms with van der Waals surface area (Å²) < 4.78 is 5.38. The Morgan fingerprint density at radius 1 is 1.45 bits per heavy atom. The summed E-state index contributed by atoms with van der Waals surface area (Å²) in [5, 5.41) is 8.38. The molecule has 0 fully saturated rings. The Labute approximate surface area is 134 Å². The van der Waals surface area contributed by atoms with E-state index in [1.165, 1.54) is 11.3 Å². The topological polar surface area (TPSA) is 63.2 Å². The van der Waals surface area contributed by atoms with Crippen molar-refractivity contribution >= 4 is 22.4 Å². The minimum absolute atomic E-state index is 0.0357. The number of hydrogen-bond acceptors (Lipinski definition) is 5. The lowest BCUT2D eigenvalue weighted by Gasteiger charge is -2.09. The number of carbonyl (C=O) groups is 1. The zero-order valence-electron chi connectivity index (χ0n) is 13.3. The van der Waals surface area contributed by atoms with Crippen LogP contribution in [0.4, 0.5) is 5.13 Å². The number of nitrogens with one attached hydrogen (secondary N) is 2. The summed E-state index contributed by atoms with van der Waals surface area (Å²) in [6, 6.07) is 5.96. The maximum absolute atomic E-state index is 12.0. The summed E-state index contributed by atoms with van der Waals surface area (Å²) >= 11 is 1.41. The molecule has 2 N–H and O–H groups in total. The lowest BCUT2D eigenvalue weighted by atomic mass is 10.1. The summed E-state index contributed by atoms with van der Waals surface area (Å²) in [6.07, 6.45) is 0. The van der Waals surface area contributed by atoms with Crippen molar-refractivity contribution in [2.45, 2.75) is 13.8 Å². The molecule has 2 aromatic rings. The molecule has 1 unspecified atom stereocenters. The Morgan fingerprint density at radius 2 is 2.23 bits per heavy atom. The van der Waals surface area contributed by atoms with Crippen LogP contribution in [0.1, 0.15) is 12.5 Å². The number of nitrogens with zero attached hydrogens (tertiary/aromatic N) is 1. The third-order valence-electron chi connectivity index (χ3n) is 3.32. The van der Waals surface area contributed by atoms with Gasteiger partial charge in [-0.3, -0.25) is 4.79 Å². The van der Waals surface area contributed by atoms with Crippen LogP contribution in [0.3, 0.4) is 0 Å². The molecular weight excluding hydrogens is 298 g/mol. The fourth-order valence-corrected chi connectivity index (χ4v) is 2.82. The molecule has 118 valence electrons. The lowest BCUT2D eigenvalue weighted by Crippen LogP contribution is -2.28. The van der Waals surface area contributed by atoms with Gasteiger partial charge in [-0.25, -0.2) is 4.98 Å². The highest BCUT2D eigenvalue weighted by molar-refractivity contribution is 7.14. The molecule has 5 nitrogen and oxygen atoms in total. The van der Waals surface area contributed by atoms with Crippen molar-refractivity contribution in [2.24, 2.45) is 5.92 Å². The number of anilines is 1. The first-order chi connectivity index (χ1) is 10.5. The molecule has 0 aliphatic rings. The summed E-state index contributed by atoms with van der Waals surface area (Å²) in [5.41, 5.74) is 2.88. The second-order valence-electron chi connectivity index (χ2n) is 5.19. The number of aryl methyl sites for hydroxylation is 1. The van der Waals surface area contributed by atoms with Crippen LogP contribution in [-0.4, -0.2) is 31.6 Å². The molecule has 0 radical (unpaired) electrons. The van der Waals surface area contributed by atoms with Gasteiger partial charge in [-0.05, 0) is 26.1 Å². The number of methoxy groups -OCH3 is 1. The number of carbonyl (C=O) groups excluding carboxylic acids is 1. The Morgan fingerprint density at radius 3 is 2.91 bits per heavy atom. The first-order valence-electron chi connectivity index (χ1n) is 7.11. The van der Waals surface area contributed by atoms with Gasteiger partial charge >= 0.3 is 0 Å².